The third-order valence-electron chi connectivity index (χ3n) is 2.33. The molecular weight excluding hydrogens is 143 g/mol. The van der Waals surface area contributed by atoms with Crippen molar-refractivity contribution >= 4 is 0 Å². The van der Waals surface area contributed by atoms with Crippen LogP contribution in [0.3, 0.4) is 0 Å². The Kier molecular flexibility index (Phi) is 4.38. The van der Waals surface area contributed by atoms with Gasteiger partial charge in [0.1, 0.15) is 0 Å². The van der Waals surface area contributed by atoms with Gasteiger partial charge in [-0.2, -0.15) is 0 Å². The van der Waals surface area contributed by atoms with Crippen LogP contribution in [0.15, 0.2) is 12.1 Å². The van der Waals surface area contributed by atoms with Crippen molar-refractivity contribution in [3.05, 3.63) is 34.4 Å². The molecule has 0 N–H and O–H groups in total. The van der Waals surface area contributed by atoms with Crippen LogP contribution in [-0.4, -0.2) is 0 Å². The molecule has 1 heteroatoms. The molecule has 0 saturated heterocycles. The molecule has 0 spiro atoms. The van der Waals surface area contributed by atoms with Crippen LogP contribution in [0.25, 0.3) is 0 Å². The van der Waals surface area contributed by atoms with Crippen molar-refractivity contribution in [2.24, 2.45) is 0 Å². The first-order chi connectivity index (χ1) is 4.63. The normalized spacial score (nSPS) is 9.09. The average Bonchev–Trinajstić information content (AvgIpc) is 1.93. The fourth-order valence-electron chi connectivity index (χ4n) is 1.09. The molecule has 1 aromatic rings. The molecule has 1 aromatic carbocycles. The maximum Gasteiger partial charge on any atom is 1.00 e. The van der Waals surface area contributed by atoms with Gasteiger partial charge in [-0.3, -0.25) is 0 Å². The molecule has 11 heavy (non-hydrogen) atoms. The maximum atomic E-state index is 2.18. The van der Waals surface area contributed by atoms with Crippen LogP contribution in [0.1, 0.15) is 23.7 Å². The molecule has 0 aliphatic rings. The quantitative estimate of drug-likeness (QED) is 0.468. The average molecular weight is 158 g/mol. The molecule has 0 saturated carbocycles. The molecule has 0 atom stereocenters. The molecule has 0 fully saturated rings. The first kappa shape index (κ1) is 11.2. The van der Waals surface area contributed by atoms with E-state index in [1.54, 1.807) is 0 Å². The van der Waals surface area contributed by atoms with Gasteiger partial charge in [-0.15, -0.1) is 0 Å². The first-order valence-electron chi connectivity index (χ1n) is 3.66. The van der Waals surface area contributed by atoms with Gasteiger partial charge in [0.05, 0.1) is 0 Å². The fourth-order valence-corrected chi connectivity index (χ4v) is 1.09. The predicted octanol–water partition coefficient (Wildman–Crippen LogP) is 0.0368. The van der Waals surface area contributed by atoms with E-state index in [0.29, 0.717) is 0 Å². The summed E-state index contributed by atoms with van der Waals surface area (Å²) < 4.78 is 0. The largest absolute Gasteiger partial charge is 1.00 e. The van der Waals surface area contributed by atoms with Crippen LogP contribution in [0.2, 0.25) is 0 Å². The number of hydrogen-bond donors (Lipinski definition) is 0. The SMILES string of the molecule is Cc1ccc(C)c(C)c1C.[H-].[Na+]. The van der Waals surface area contributed by atoms with Crippen LogP contribution >= 0.6 is 0 Å². The number of benzene rings is 1. The molecule has 1 rings (SSSR count). The van der Waals surface area contributed by atoms with E-state index in [1.807, 2.05) is 0 Å². The van der Waals surface area contributed by atoms with Crippen LogP contribution < -0.4 is 29.6 Å². The van der Waals surface area contributed by atoms with E-state index in [2.05, 4.69) is 39.8 Å². The van der Waals surface area contributed by atoms with Crippen LogP contribution in [-0.2, 0) is 0 Å². The van der Waals surface area contributed by atoms with E-state index in [1.165, 1.54) is 22.3 Å². The predicted molar refractivity (Wildman–Crippen MR) is 46.5 cm³/mol. The zero-order valence-corrected chi connectivity index (χ0v) is 10.2. The Hall–Kier alpha value is 0.220. The topological polar surface area (TPSA) is 0 Å². The zero-order chi connectivity index (χ0) is 7.72. The molecule has 0 amide bonds. The van der Waals surface area contributed by atoms with Gasteiger partial charge in [0.25, 0.3) is 0 Å². The van der Waals surface area contributed by atoms with Gasteiger partial charge in [-0.25, -0.2) is 0 Å². The molecule has 0 aliphatic heterocycles. The summed E-state index contributed by atoms with van der Waals surface area (Å²) in [7, 11) is 0. The van der Waals surface area contributed by atoms with Gasteiger partial charge in [0, 0.05) is 0 Å². The second-order valence-corrected chi connectivity index (χ2v) is 2.95. The first-order valence-corrected chi connectivity index (χ1v) is 3.66. The molecule has 0 aliphatic carbocycles. The van der Waals surface area contributed by atoms with Crippen LogP contribution in [0, 0.1) is 27.7 Å². The van der Waals surface area contributed by atoms with Gasteiger partial charge in [-0.1, -0.05) is 12.1 Å². The molecule has 0 heterocycles. The van der Waals surface area contributed by atoms with Gasteiger partial charge in [0.2, 0.25) is 0 Å². The van der Waals surface area contributed by atoms with Gasteiger partial charge in [-0.05, 0) is 49.9 Å². The van der Waals surface area contributed by atoms with Crippen molar-refractivity contribution in [3.8, 4) is 0 Å². The Morgan fingerprint density at radius 1 is 0.818 bits per heavy atom. The summed E-state index contributed by atoms with van der Waals surface area (Å²) >= 11 is 0. The standard InChI is InChI=1S/C10H14.Na.H/c1-7-5-6-8(2)10(4)9(7)3;;/h5-6H,1-4H3;;/q;+1;-1. The smallest absolute Gasteiger partial charge is 1.00 e. The fraction of sp³-hybridized carbons (Fsp3) is 0.400. The van der Waals surface area contributed by atoms with Gasteiger partial charge in [0.15, 0.2) is 0 Å². The second kappa shape index (κ2) is 4.30. The van der Waals surface area contributed by atoms with E-state index in [0.717, 1.165) is 0 Å². The zero-order valence-electron chi connectivity index (χ0n) is 9.15. The number of hydrogen-bond acceptors (Lipinski definition) is 0. The minimum Gasteiger partial charge on any atom is -1.00 e. The third-order valence-corrected chi connectivity index (χ3v) is 2.33. The monoisotopic (exact) mass is 158 g/mol. The van der Waals surface area contributed by atoms with Gasteiger partial charge < -0.3 is 1.43 Å². The molecule has 0 aromatic heterocycles. The van der Waals surface area contributed by atoms with Crippen molar-refractivity contribution < 1.29 is 31.0 Å². The minimum atomic E-state index is 0. The Morgan fingerprint density at radius 3 is 1.36 bits per heavy atom. The van der Waals surface area contributed by atoms with E-state index in [-0.39, 0.29) is 31.0 Å². The van der Waals surface area contributed by atoms with E-state index in [4.69, 9.17) is 0 Å². The minimum absolute atomic E-state index is 0. The number of aryl methyl sites for hydroxylation is 2. The summed E-state index contributed by atoms with van der Waals surface area (Å²) in [5.74, 6) is 0. The van der Waals surface area contributed by atoms with Crippen molar-refractivity contribution in [3.63, 3.8) is 0 Å². The van der Waals surface area contributed by atoms with Gasteiger partial charge >= 0.3 is 29.6 Å². The van der Waals surface area contributed by atoms with Crippen molar-refractivity contribution in [2.45, 2.75) is 27.7 Å². The second-order valence-electron chi connectivity index (χ2n) is 2.95. The maximum absolute atomic E-state index is 2.18. The van der Waals surface area contributed by atoms with E-state index in [9.17, 15) is 0 Å². The Labute approximate surface area is 92.8 Å². The Balaban J connectivity index is 0. The molecule has 56 valence electrons. The third kappa shape index (κ3) is 2.33. The molecule has 0 radical (unpaired) electrons. The van der Waals surface area contributed by atoms with Crippen molar-refractivity contribution in [1.29, 1.82) is 0 Å². The Bertz CT molecular complexity index is 229. The van der Waals surface area contributed by atoms with Crippen molar-refractivity contribution in [1.82, 2.24) is 0 Å². The summed E-state index contributed by atoms with van der Waals surface area (Å²) in [6, 6.07) is 4.36. The Morgan fingerprint density at radius 2 is 1.09 bits per heavy atom. The van der Waals surface area contributed by atoms with E-state index < -0.39 is 0 Å². The van der Waals surface area contributed by atoms with Crippen LogP contribution in [0.5, 0.6) is 0 Å². The molecule has 0 unspecified atom stereocenters. The summed E-state index contributed by atoms with van der Waals surface area (Å²) in [6.07, 6.45) is 0. The van der Waals surface area contributed by atoms with E-state index >= 15 is 0 Å². The summed E-state index contributed by atoms with van der Waals surface area (Å²) in [4.78, 5) is 0. The summed E-state index contributed by atoms with van der Waals surface area (Å²) in [5, 5.41) is 0. The molecular formula is C10H15Na. The molecule has 0 nitrogen and oxygen atoms in total. The van der Waals surface area contributed by atoms with Crippen LogP contribution in [0.4, 0.5) is 0 Å². The molecule has 0 bridgehead atoms. The summed E-state index contributed by atoms with van der Waals surface area (Å²) in [6.45, 7) is 8.67. The van der Waals surface area contributed by atoms with Crippen molar-refractivity contribution in [2.75, 3.05) is 0 Å². The number of rotatable bonds is 0. The summed E-state index contributed by atoms with van der Waals surface area (Å²) in [5.41, 5.74) is 5.64.